The Bertz CT molecular complexity index is 834. The Morgan fingerprint density at radius 1 is 1.26 bits per heavy atom. The number of aromatic nitrogens is 2. The summed E-state index contributed by atoms with van der Waals surface area (Å²) in [5.74, 6) is 0.222. The van der Waals surface area contributed by atoms with Crippen molar-refractivity contribution in [3.8, 4) is 5.75 Å². The summed E-state index contributed by atoms with van der Waals surface area (Å²) in [5, 5.41) is 12.8. The van der Waals surface area contributed by atoms with Gasteiger partial charge in [-0.15, -0.1) is 0 Å². The topological polar surface area (TPSA) is 78.0 Å². The van der Waals surface area contributed by atoms with Gasteiger partial charge in [-0.05, 0) is 49.2 Å². The number of hydrogen-bond donors (Lipinski definition) is 3. The number of nitrogens with zero attached hydrogens (tertiary/aromatic N) is 1. The van der Waals surface area contributed by atoms with Crippen molar-refractivity contribution in [2.24, 2.45) is 0 Å². The quantitative estimate of drug-likeness (QED) is 0.640. The van der Waals surface area contributed by atoms with Crippen LogP contribution in [-0.2, 0) is 4.79 Å². The highest BCUT2D eigenvalue weighted by Gasteiger charge is 2.09. The summed E-state index contributed by atoms with van der Waals surface area (Å²) in [6, 6.07) is 10.6. The Hall–Kier alpha value is -2.47. The molecule has 0 saturated carbocycles. The van der Waals surface area contributed by atoms with E-state index < -0.39 is 0 Å². The third-order valence-electron chi connectivity index (χ3n) is 3.55. The van der Waals surface area contributed by atoms with Crippen molar-refractivity contribution in [1.29, 1.82) is 0 Å². The number of hydrogen-bond acceptors (Lipinski definition) is 4. The van der Waals surface area contributed by atoms with Gasteiger partial charge in [-0.1, -0.05) is 17.8 Å². The largest absolute Gasteiger partial charge is 0.508 e. The minimum Gasteiger partial charge on any atom is -0.508 e. The molecular weight excluding hydrogens is 310 g/mol. The molecule has 0 atom stereocenters. The zero-order valence-corrected chi connectivity index (χ0v) is 13.7. The molecule has 1 heterocycles. The molecule has 1 aromatic heterocycles. The number of imidazole rings is 1. The van der Waals surface area contributed by atoms with E-state index in [-0.39, 0.29) is 17.4 Å². The van der Waals surface area contributed by atoms with Gasteiger partial charge in [0.15, 0.2) is 5.16 Å². The van der Waals surface area contributed by atoms with Crippen LogP contribution in [0.3, 0.4) is 0 Å². The van der Waals surface area contributed by atoms with Gasteiger partial charge >= 0.3 is 0 Å². The molecule has 0 bridgehead atoms. The molecule has 0 fully saturated rings. The second-order valence-electron chi connectivity index (χ2n) is 5.38. The Kier molecular flexibility index (Phi) is 4.25. The summed E-state index contributed by atoms with van der Waals surface area (Å²) >= 11 is 1.35. The van der Waals surface area contributed by atoms with Crippen LogP contribution < -0.4 is 5.32 Å². The van der Waals surface area contributed by atoms with Crippen LogP contribution in [0.15, 0.2) is 41.6 Å². The highest BCUT2D eigenvalue weighted by molar-refractivity contribution is 7.99. The monoisotopic (exact) mass is 327 g/mol. The molecule has 0 spiro atoms. The molecule has 6 heteroatoms. The number of anilines is 1. The van der Waals surface area contributed by atoms with Crippen molar-refractivity contribution in [3.63, 3.8) is 0 Å². The molecule has 23 heavy (non-hydrogen) atoms. The number of aryl methyl sites for hydroxylation is 2. The van der Waals surface area contributed by atoms with Gasteiger partial charge in [0.25, 0.3) is 0 Å². The van der Waals surface area contributed by atoms with Gasteiger partial charge in [0.1, 0.15) is 5.75 Å². The summed E-state index contributed by atoms with van der Waals surface area (Å²) in [5.41, 5.74) is 4.86. The number of carbonyl (C=O) groups excluding carboxylic acids is 1. The Morgan fingerprint density at radius 3 is 2.83 bits per heavy atom. The van der Waals surface area contributed by atoms with Gasteiger partial charge in [-0.3, -0.25) is 4.79 Å². The lowest BCUT2D eigenvalue weighted by Crippen LogP contribution is -2.13. The van der Waals surface area contributed by atoms with Crippen molar-refractivity contribution in [2.45, 2.75) is 19.0 Å². The number of phenols is 1. The Labute approximate surface area is 138 Å². The van der Waals surface area contributed by atoms with Crippen LogP contribution in [0.5, 0.6) is 5.75 Å². The standard InChI is InChI=1S/C17H17N3O2S/c1-10-6-14-15(7-11(10)2)20-17(19-14)23-9-16(22)18-12-4-3-5-13(21)8-12/h3-8,21H,9H2,1-2H3,(H,18,22)(H,19,20). The number of rotatable bonds is 4. The third-order valence-corrected chi connectivity index (χ3v) is 4.42. The number of H-pyrrole nitrogens is 1. The molecule has 5 nitrogen and oxygen atoms in total. The highest BCUT2D eigenvalue weighted by Crippen LogP contribution is 2.22. The molecule has 3 aromatic rings. The van der Waals surface area contributed by atoms with E-state index in [0.717, 1.165) is 16.2 Å². The van der Waals surface area contributed by atoms with E-state index in [4.69, 9.17) is 0 Å². The number of aromatic hydroxyl groups is 1. The molecule has 0 aliphatic rings. The van der Waals surface area contributed by atoms with Crippen molar-refractivity contribution >= 4 is 34.4 Å². The van der Waals surface area contributed by atoms with Crippen molar-refractivity contribution in [2.75, 3.05) is 11.1 Å². The number of amides is 1. The van der Waals surface area contributed by atoms with E-state index in [0.29, 0.717) is 5.69 Å². The van der Waals surface area contributed by atoms with Crippen LogP contribution in [-0.4, -0.2) is 26.7 Å². The maximum absolute atomic E-state index is 12.0. The number of phenolic OH excluding ortho intramolecular Hbond substituents is 1. The molecule has 0 saturated heterocycles. The zero-order valence-electron chi connectivity index (χ0n) is 12.9. The number of thioether (sulfide) groups is 1. The second-order valence-corrected chi connectivity index (χ2v) is 6.35. The number of nitrogens with one attached hydrogen (secondary N) is 2. The van der Waals surface area contributed by atoms with E-state index in [2.05, 4.69) is 35.2 Å². The average molecular weight is 327 g/mol. The van der Waals surface area contributed by atoms with Crippen molar-refractivity contribution in [1.82, 2.24) is 9.97 Å². The minimum absolute atomic E-state index is 0.124. The van der Waals surface area contributed by atoms with Crippen molar-refractivity contribution < 1.29 is 9.90 Å². The fourth-order valence-electron chi connectivity index (χ4n) is 2.23. The van der Waals surface area contributed by atoms with E-state index in [1.165, 1.54) is 29.0 Å². The first-order valence-corrected chi connectivity index (χ1v) is 8.18. The van der Waals surface area contributed by atoms with Gasteiger partial charge in [-0.2, -0.15) is 0 Å². The number of fused-ring (bicyclic) bond motifs is 1. The summed E-state index contributed by atoms with van der Waals surface area (Å²) in [6.45, 7) is 4.12. The van der Waals surface area contributed by atoms with Crippen LogP contribution in [0.2, 0.25) is 0 Å². The lowest BCUT2D eigenvalue weighted by Gasteiger charge is -2.04. The smallest absolute Gasteiger partial charge is 0.234 e. The molecule has 0 radical (unpaired) electrons. The molecule has 1 amide bonds. The molecular formula is C17H17N3O2S. The number of aromatic amines is 1. The molecule has 3 rings (SSSR count). The van der Waals surface area contributed by atoms with E-state index in [1.807, 2.05) is 6.07 Å². The van der Waals surface area contributed by atoms with Crippen LogP contribution in [0.1, 0.15) is 11.1 Å². The Balaban J connectivity index is 1.65. The van der Waals surface area contributed by atoms with Crippen molar-refractivity contribution in [3.05, 3.63) is 47.5 Å². The normalized spacial score (nSPS) is 10.9. The molecule has 0 aliphatic heterocycles. The first-order valence-electron chi connectivity index (χ1n) is 7.20. The lowest BCUT2D eigenvalue weighted by molar-refractivity contribution is -0.113. The SMILES string of the molecule is Cc1cc2nc(SCC(=O)Nc3cccc(O)c3)[nH]c2cc1C. The van der Waals surface area contributed by atoms with E-state index in [9.17, 15) is 9.90 Å². The maximum Gasteiger partial charge on any atom is 0.234 e. The summed E-state index contributed by atoms with van der Waals surface area (Å²) in [6.07, 6.45) is 0. The van der Waals surface area contributed by atoms with Crippen LogP contribution in [0, 0.1) is 13.8 Å². The third kappa shape index (κ3) is 3.65. The first-order chi connectivity index (χ1) is 11.0. The first kappa shape index (κ1) is 15.4. The van der Waals surface area contributed by atoms with Gasteiger partial charge in [0, 0.05) is 11.8 Å². The molecule has 0 aliphatic carbocycles. The summed E-state index contributed by atoms with van der Waals surface area (Å²) in [4.78, 5) is 19.7. The molecule has 3 N–H and O–H groups in total. The second kappa shape index (κ2) is 6.34. The fraction of sp³-hybridized carbons (Fsp3) is 0.176. The van der Waals surface area contributed by atoms with Gasteiger partial charge in [0.05, 0.1) is 16.8 Å². The van der Waals surface area contributed by atoms with Crippen LogP contribution in [0.25, 0.3) is 11.0 Å². The maximum atomic E-state index is 12.0. The highest BCUT2D eigenvalue weighted by atomic mass is 32.2. The molecule has 0 unspecified atom stereocenters. The summed E-state index contributed by atoms with van der Waals surface area (Å²) in [7, 11) is 0. The van der Waals surface area contributed by atoms with Crippen LogP contribution in [0.4, 0.5) is 5.69 Å². The minimum atomic E-state index is -0.145. The van der Waals surface area contributed by atoms with Crippen LogP contribution >= 0.6 is 11.8 Å². The molecule has 118 valence electrons. The lowest BCUT2D eigenvalue weighted by atomic mass is 10.1. The average Bonchev–Trinajstić information content (AvgIpc) is 2.87. The van der Waals surface area contributed by atoms with E-state index >= 15 is 0 Å². The van der Waals surface area contributed by atoms with E-state index in [1.54, 1.807) is 18.2 Å². The predicted molar refractivity (Wildman–Crippen MR) is 93.0 cm³/mol. The van der Waals surface area contributed by atoms with Gasteiger partial charge < -0.3 is 15.4 Å². The predicted octanol–water partition coefficient (Wildman–Crippen LogP) is 3.62. The van der Waals surface area contributed by atoms with Gasteiger partial charge in [-0.25, -0.2) is 4.98 Å². The fourth-order valence-corrected chi connectivity index (χ4v) is 2.91. The van der Waals surface area contributed by atoms with Gasteiger partial charge in [0.2, 0.25) is 5.91 Å². The zero-order chi connectivity index (χ0) is 16.4. The molecule has 2 aromatic carbocycles. The summed E-state index contributed by atoms with van der Waals surface area (Å²) < 4.78 is 0. The number of carbonyl (C=O) groups is 1. The number of benzene rings is 2. The Morgan fingerprint density at radius 2 is 2.04 bits per heavy atom.